The van der Waals surface area contributed by atoms with Gasteiger partial charge in [-0.05, 0) is 64.2 Å². The van der Waals surface area contributed by atoms with E-state index in [0.29, 0.717) is 17.4 Å². The van der Waals surface area contributed by atoms with E-state index in [-0.39, 0.29) is 38.2 Å². The second kappa shape index (κ2) is 81.4. The third-order valence-corrected chi connectivity index (χ3v) is 19.7. The summed E-state index contributed by atoms with van der Waals surface area (Å²) in [5, 5.41) is 9.79. The lowest BCUT2D eigenvalue weighted by atomic mass is 10.0. The summed E-state index contributed by atoms with van der Waals surface area (Å²) in [5.74, 6) is -1.97. The van der Waals surface area contributed by atoms with Crippen molar-refractivity contribution >= 4 is 17.9 Å². The molecule has 0 aliphatic rings. The van der Waals surface area contributed by atoms with Gasteiger partial charge < -0.3 is 28.5 Å². The molecule has 0 radical (unpaired) electrons. The second-order valence-electron chi connectivity index (χ2n) is 30.8. The van der Waals surface area contributed by atoms with Crippen molar-refractivity contribution in [2.75, 3.05) is 47.5 Å². The number of allylic oxidation sites excluding steroid dienone is 12. The fourth-order valence-electron chi connectivity index (χ4n) is 13.1. The number of quaternary nitrogens is 1. The van der Waals surface area contributed by atoms with Crippen molar-refractivity contribution in [1.82, 2.24) is 0 Å². The fraction of sp³-hybridized carbons (Fsp3) is 0.835. The highest BCUT2D eigenvalue weighted by atomic mass is 16.7. The normalized spacial score (nSPS) is 12.9. The molecule has 100 heavy (non-hydrogen) atoms. The van der Waals surface area contributed by atoms with E-state index in [9.17, 15) is 19.5 Å². The molecule has 0 bridgehead atoms. The number of carboxylic acid groups (broad SMARTS) is 1. The van der Waals surface area contributed by atoms with Crippen molar-refractivity contribution in [3.63, 3.8) is 0 Å². The molecule has 2 unspecified atom stereocenters. The van der Waals surface area contributed by atoms with Crippen LogP contribution < -0.4 is 0 Å². The van der Waals surface area contributed by atoms with Crippen LogP contribution in [-0.4, -0.2) is 87.4 Å². The lowest BCUT2D eigenvalue weighted by Crippen LogP contribution is -2.40. The third-order valence-electron chi connectivity index (χ3n) is 19.7. The average Bonchev–Trinajstić information content (AvgIpc) is 1.08. The van der Waals surface area contributed by atoms with E-state index in [1.165, 1.54) is 327 Å². The Morgan fingerprint density at radius 2 is 0.570 bits per heavy atom. The number of carbonyl (C=O) groups excluding carboxylic acids is 2. The first kappa shape index (κ1) is 96.7. The Morgan fingerprint density at radius 3 is 0.850 bits per heavy atom. The number of aliphatic carboxylic acids is 1. The maximum atomic E-state index is 13.0. The Bertz CT molecular complexity index is 1880. The highest BCUT2D eigenvalue weighted by Gasteiger charge is 2.25. The minimum Gasteiger partial charge on any atom is -0.477 e. The van der Waals surface area contributed by atoms with Gasteiger partial charge in [0, 0.05) is 12.8 Å². The van der Waals surface area contributed by atoms with Gasteiger partial charge in [-0.25, -0.2) is 4.79 Å². The van der Waals surface area contributed by atoms with Crippen LogP contribution in [0.5, 0.6) is 0 Å². The minimum atomic E-state index is -1.51. The van der Waals surface area contributed by atoms with E-state index >= 15 is 0 Å². The van der Waals surface area contributed by atoms with Crippen LogP contribution >= 0.6 is 0 Å². The minimum absolute atomic E-state index is 0.176. The molecular formula is C91H168NO8+. The van der Waals surface area contributed by atoms with Crippen LogP contribution in [0.15, 0.2) is 72.9 Å². The number of carbonyl (C=O) groups is 3. The molecular weight excluding hydrogens is 1230 g/mol. The predicted molar refractivity (Wildman–Crippen MR) is 433 cm³/mol. The SMILES string of the molecule is CC/C=C\C/C=C\C/C=C\C/C=C\C/C=C\C/C=C\CCCCCCCCCCCCCCCCCCCCCCCCC(=O)OC(COC(=O)CCCCCCCCCCCCCCCCCCCCCCCCCCCCCCCCCCCC)COC(OCC[N+](C)(C)C)C(=O)O. The summed E-state index contributed by atoms with van der Waals surface area (Å²) in [6.45, 7) is 4.84. The Morgan fingerprint density at radius 1 is 0.310 bits per heavy atom. The molecule has 0 aromatic carbocycles. The molecule has 2 atom stereocenters. The molecule has 1 N–H and O–H groups in total. The monoisotopic (exact) mass is 1400 g/mol. The van der Waals surface area contributed by atoms with E-state index in [2.05, 4.69) is 86.8 Å². The molecule has 0 amide bonds. The van der Waals surface area contributed by atoms with Crippen LogP contribution in [0.4, 0.5) is 0 Å². The van der Waals surface area contributed by atoms with Gasteiger partial charge >= 0.3 is 17.9 Å². The summed E-state index contributed by atoms with van der Waals surface area (Å²) in [6.07, 6.45) is 108. The molecule has 9 heteroatoms. The number of hydrogen-bond donors (Lipinski definition) is 1. The Labute approximate surface area is 621 Å². The average molecular weight is 1400 g/mol. The molecule has 9 nitrogen and oxygen atoms in total. The number of rotatable bonds is 82. The quantitative estimate of drug-likeness (QED) is 0.0211. The Kier molecular flexibility index (Phi) is 78.7. The number of hydrogen-bond acceptors (Lipinski definition) is 7. The number of unbranched alkanes of at least 4 members (excludes halogenated alkanes) is 55. The van der Waals surface area contributed by atoms with Gasteiger partial charge in [0.1, 0.15) is 13.2 Å². The number of carboxylic acids is 1. The third kappa shape index (κ3) is 82.0. The first-order chi connectivity index (χ1) is 49.1. The summed E-state index contributed by atoms with van der Waals surface area (Å²) in [7, 11) is 6.00. The number of ether oxygens (including phenoxy) is 4. The van der Waals surface area contributed by atoms with Crippen molar-refractivity contribution in [1.29, 1.82) is 0 Å². The van der Waals surface area contributed by atoms with Crippen LogP contribution in [0.3, 0.4) is 0 Å². The highest BCUT2D eigenvalue weighted by molar-refractivity contribution is 5.71. The summed E-state index contributed by atoms with van der Waals surface area (Å²) >= 11 is 0. The second-order valence-corrected chi connectivity index (χ2v) is 30.8. The maximum absolute atomic E-state index is 13.0. The van der Waals surface area contributed by atoms with Gasteiger partial charge in [-0.2, -0.15) is 0 Å². The Balaban J connectivity index is 3.93. The van der Waals surface area contributed by atoms with E-state index < -0.39 is 18.4 Å². The first-order valence-corrected chi connectivity index (χ1v) is 43.6. The summed E-state index contributed by atoms with van der Waals surface area (Å²) in [6, 6.07) is 0. The van der Waals surface area contributed by atoms with E-state index in [1.807, 2.05) is 21.1 Å². The molecule has 0 fully saturated rings. The molecule has 0 spiro atoms. The van der Waals surface area contributed by atoms with Gasteiger partial charge in [-0.3, -0.25) is 9.59 Å². The standard InChI is InChI=1S/C91H167NO8/c1-6-8-10-12-14-16-18-20-22-24-26-28-30-32-34-36-38-40-42-43-44-45-46-47-48-50-52-54-56-58-60-62-64-66-68-70-72-74-76-78-80-82-89(94)100-87(86-99-91(90(95)96)97-84-83-92(3,4)5)85-98-88(93)81-79-77-75-73-71-69-67-65-63-61-59-57-55-53-51-49-41-39-37-35-33-31-29-27-25-23-21-19-17-15-13-11-9-7-2/h8,10,14,16,20,22,26,28,32,34,38,40,87,91H,6-7,9,11-13,15,17-19,21,23-25,27,29-31,33,35-37,39,41-86H2,1-5H3/p+1/b10-8-,16-14-,22-20-,28-26-,34-32-,40-38-. The highest BCUT2D eigenvalue weighted by Crippen LogP contribution is 2.21. The molecule has 584 valence electrons. The first-order valence-electron chi connectivity index (χ1n) is 43.6. The molecule has 0 heterocycles. The number of likely N-dealkylation sites (N-methyl/N-ethyl adjacent to an activating group) is 1. The van der Waals surface area contributed by atoms with Crippen LogP contribution in [0.1, 0.15) is 431 Å². The van der Waals surface area contributed by atoms with Gasteiger partial charge in [-0.1, -0.05) is 427 Å². The fourth-order valence-corrected chi connectivity index (χ4v) is 13.1. The zero-order valence-electron chi connectivity index (χ0n) is 67.1. The van der Waals surface area contributed by atoms with Gasteiger partial charge in [0.2, 0.25) is 0 Å². The van der Waals surface area contributed by atoms with Crippen molar-refractivity contribution in [3.8, 4) is 0 Å². The van der Waals surface area contributed by atoms with Gasteiger partial charge in [0.15, 0.2) is 6.10 Å². The molecule has 0 aliphatic carbocycles. The lowest BCUT2D eigenvalue weighted by molar-refractivity contribution is -0.870. The molecule has 0 saturated carbocycles. The summed E-state index contributed by atoms with van der Waals surface area (Å²) in [5.41, 5.74) is 0. The van der Waals surface area contributed by atoms with E-state index in [0.717, 1.165) is 77.0 Å². The molecule has 0 aliphatic heterocycles. The van der Waals surface area contributed by atoms with Crippen molar-refractivity contribution < 1.29 is 42.9 Å². The topological polar surface area (TPSA) is 108 Å². The molecule has 0 rings (SSSR count). The van der Waals surface area contributed by atoms with Gasteiger partial charge in [0.05, 0.1) is 34.4 Å². The van der Waals surface area contributed by atoms with Gasteiger partial charge in [0.25, 0.3) is 6.29 Å². The van der Waals surface area contributed by atoms with Crippen molar-refractivity contribution in [2.45, 2.75) is 444 Å². The number of esters is 2. The molecule has 0 aromatic rings. The van der Waals surface area contributed by atoms with Crippen molar-refractivity contribution in [2.24, 2.45) is 0 Å². The van der Waals surface area contributed by atoms with Gasteiger partial charge in [-0.15, -0.1) is 0 Å². The zero-order valence-corrected chi connectivity index (χ0v) is 67.1. The maximum Gasteiger partial charge on any atom is 0.361 e. The predicted octanol–water partition coefficient (Wildman–Crippen LogP) is 28.3. The number of nitrogens with zero attached hydrogens (tertiary/aromatic N) is 1. The van der Waals surface area contributed by atoms with E-state index in [1.54, 1.807) is 0 Å². The summed E-state index contributed by atoms with van der Waals surface area (Å²) < 4.78 is 23.1. The lowest BCUT2D eigenvalue weighted by Gasteiger charge is -2.25. The largest absolute Gasteiger partial charge is 0.477 e. The van der Waals surface area contributed by atoms with Crippen molar-refractivity contribution in [3.05, 3.63) is 72.9 Å². The van der Waals surface area contributed by atoms with Crippen LogP contribution in [-0.2, 0) is 33.3 Å². The van der Waals surface area contributed by atoms with Crippen LogP contribution in [0, 0.1) is 0 Å². The zero-order chi connectivity index (χ0) is 72.5. The van der Waals surface area contributed by atoms with E-state index in [4.69, 9.17) is 18.9 Å². The smallest absolute Gasteiger partial charge is 0.361 e. The Hall–Kier alpha value is -3.27. The molecule has 0 saturated heterocycles. The van der Waals surface area contributed by atoms with Crippen LogP contribution in [0.2, 0.25) is 0 Å². The molecule has 0 aromatic heterocycles. The van der Waals surface area contributed by atoms with Crippen LogP contribution in [0.25, 0.3) is 0 Å². The summed E-state index contributed by atoms with van der Waals surface area (Å²) in [4.78, 5) is 37.8.